The van der Waals surface area contributed by atoms with Gasteiger partial charge in [0.1, 0.15) is 5.75 Å². The number of hydrogen-bond acceptors (Lipinski definition) is 3. The molecule has 2 rings (SSSR count). The van der Waals surface area contributed by atoms with Crippen LogP contribution in [-0.2, 0) is 15.0 Å². The van der Waals surface area contributed by atoms with Gasteiger partial charge in [0.25, 0.3) is 0 Å². The van der Waals surface area contributed by atoms with Crippen LogP contribution in [0.3, 0.4) is 0 Å². The van der Waals surface area contributed by atoms with Gasteiger partial charge in [0.2, 0.25) is 0 Å². The zero-order valence-electron chi connectivity index (χ0n) is 10.2. The summed E-state index contributed by atoms with van der Waals surface area (Å²) in [6, 6.07) is 0. The lowest BCUT2D eigenvalue weighted by molar-refractivity contribution is -0.194. The summed E-state index contributed by atoms with van der Waals surface area (Å²) in [6.45, 7) is 0.199. The van der Waals surface area contributed by atoms with E-state index in [-0.39, 0.29) is 19.4 Å². The quantitative estimate of drug-likeness (QED) is 0.582. The Balaban J connectivity index is 2.16. The minimum Gasteiger partial charge on any atom is -0.376 e. The fraction of sp³-hybridized carbons (Fsp3) is 1.00. The average molecular weight is 304 g/mol. The molecule has 0 aromatic rings. The van der Waals surface area contributed by atoms with Crippen molar-refractivity contribution in [1.82, 2.24) is 0 Å². The summed E-state index contributed by atoms with van der Waals surface area (Å²) >= 11 is 0. The molecule has 0 N–H and O–H groups in total. The summed E-state index contributed by atoms with van der Waals surface area (Å²) in [6.07, 6.45) is -4.12. The second kappa shape index (κ2) is 4.87. The molecule has 3 nitrogen and oxygen atoms in total. The maximum absolute atomic E-state index is 12.8. The minimum absolute atomic E-state index is 0.0559. The van der Waals surface area contributed by atoms with Gasteiger partial charge < -0.3 is 4.74 Å². The predicted molar refractivity (Wildman–Crippen MR) is 59.7 cm³/mol. The number of ether oxygens (including phenoxy) is 1. The van der Waals surface area contributed by atoms with Crippen LogP contribution >= 0.6 is 0 Å². The molecule has 8 heteroatoms. The summed E-state index contributed by atoms with van der Waals surface area (Å²) in [4.78, 5) is 0. The molecule has 1 aliphatic heterocycles. The molecule has 3 unspecified atom stereocenters. The van der Waals surface area contributed by atoms with E-state index in [1.807, 2.05) is 0 Å². The zero-order chi connectivity index (χ0) is 14.3. The van der Waals surface area contributed by atoms with Gasteiger partial charge >= 0.3 is 16.4 Å². The highest BCUT2D eigenvalue weighted by Gasteiger charge is 2.53. The van der Waals surface area contributed by atoms with Gasteiger partial charge in [-0.15, -0.1) is 3.89 Å². The Bertz CT molecular complexity index is 434. The van der Waals surface area contributed by atoms with Crippen molar-refractivity contribution in [3.05, 3.63) is 0 Å². The molecule has 1 saturated heterocycles. The number of alkyl halides is 3. The van der Waals surface area contributed by atoms with E-state index < -0.39 is 39.6 Å². The van der Waals surface area contributed by atoms with E-state index >= 15 is 0 Å². The van der Waals surface area contributed by atoms with Gasteiger partial charge in [0.15, 0.2) is 0 Å². The van der Waals surface area contributed by atoms with Crippen LogP contribution in [0.1, 0.15) is 32.1 Å². The topological polar surface area (TPSA) is 43.4 Å². The minimum atomic E-state index is -4.74. The second-order valence-electron chi connectivity index (χ2n) is 5.51. The molecule has 2 fully saturated rings. The van der Waals surface area contributed by atoms with Crippen LogP contribution in [0.15, 0.2) is 0 Å². The monoisotopic (exact) mass is 304 g/mol. The molecule has 1 saturated carbocycles. The van der Waals surface area contributed by atoms with Gasteiger partial charge in [-0.05, 0) is 25.7 Å². The standard InChI is InChI=1S/C11H16F4O3S/c12-11(13,14)8-2-1-3-10(6-8)4-5-18-9(10)7-19(15,16)17/h8-9H,1-7H2. The molecule has 0 aromatic carbocycles. The molecule has 0 radical (unpaired) electrons. The van der Waals surface area contributed by atoms with Crippen molar-refractivity contribution in [2.24, 2.45) is 11.3 Å². The van der Waals surface area contributed by atoms with Gasteiger partial charge in [0.05, 0.1) is 12.0 Å². The van der Waals surface area contributed by atoms with E-state index in [4.69, 9.17) is 4.74 Å². The Hall–Kier alpha value is -0.370. The summed E-state index contributed by atoms with van der Waals surface area (Å²) < 4.78 is 77.9. The van der Waals surface area contributed by atoms with Crippen molar-refractivity contribution in [3.8, 4) is 0 Å². The van der Waals surface area contributed by atoms with E-state index in [0.29, 0.717) is 19.3 Å². The summed E-state index contributed by atoms with van der Waals surface area (Å²) in [5.41, 5.74) is -0.836. The fourth-order valence-electron chi connectivity index (χ4n) is 3.34. The van der Waals surface area contributed by atoms with Crippen LogP contribution in [0.25, 0.3) is 0 Å². The highest BCUT2D eigenvalue weighted by molar-refractivity contribution is 7.86. The third-order valence-corrected chi connectivity index (χ3v) is 5.00. The van der Waals surface area contributed by atoms with Gasteiger partial charge in [-0.25, -0.2) is 0 Å². The van der Waals surface area contributed by atoms with Gasteiger partial charge in [-0.2, -0.15) is 21.6 Å². The lowest BCUT2D eigenvalue weighted by atomic mass is 9.66. The first-order valence-electron chi connectivity index (χ1n) is 6.23. The van der Waals surface area contributed by atoms with Crippen molar-refractivity contribution >= 4 is 10.2 Å². The lowest BCUT2D eigenvalue weighted by Gasteiger charge is -2.41. The molecule has 0 bridgehead atoms. The predicted octanol–water partition coefficient (Wildman–Crippen LogP) is 2.81. The first kappa shape index (κ1) is 15.0. The molecule has 3 atom stereocenters. The van der Waals surface area contributed by atoms with Gasteiger partial charge in [-0.1, -0.05) is 6.42 Å². The van der Waals surface area contributed by atoms with Crippen LogP contribution in [0.2, 0.25) is 0 Å². The van der Waals surface area contributed by atoms with Crippen molar-refractivity contribution in [1.29, 1.82) is 0 Å². The Labute approximate surface area is 109 Å². The summed E-state index contributed by atoms with van der Waals surface area (Å²) in [5.74, 6) is -2.27. The molecule has 112 valence electrons. The highest BCUT2D eigenvalue weighted by Crippen LogP contribution is 2.52. The largest absolute Gasteiger partial charge is 0.391 e. The van der Waals surface area contributed by atoms with E-state index in [2.05, 4.69) is 0 Å². The van der Waals surface area contributed by atoms with Crippen LogP contribution in [-0.4, -0.2) is 33.1 Å². The smallest absolute Gasteiger partial charge is 0.376 e. The van der Waals surface area contributed by atoms with Crippen molar-refractivity contribution in [2.45, 2.75) is 44.4 Å². The molecule has 1 spiro atoms. The molecule has 1 heterocycles. The molecule has 0 aromatic heterocycles. The second-order valence-corrected chi connectivity index (χ2v) is 6.92. The summed E-state index contributed by atoms with van der Waals surface area (Å²) in [7, 11) is -4.74. The third kappa shape index (κ3) is 3.39. The Morgan fingerprint density at radius 3 is 2.53 bits per heavy atom. The summed E-state index contributed by atoms with van der Waals surface area (Å²) in [5, 5.41) is 0. The number of halogens is 4. The van der Waals surface area contributed by atoms with Crippen molar-refractivity contribution in [2.75, 3.05) is 12.4 Å². The Morgan fingerprint density at radius 2 is 1.95 bits per heavy atom. The molecule has 2 aliphatic rings. The fourth-order valence-corrected chi connectivity index (χ4v) is 4.15. The van der Waals surface area contributed by atoms with Gasteiger partial charge in [-0.3, -0.25) is 0 Å². The average Bonchev–Trinajstić information content (AvgIpc) is 2.58. The van der Waals surface area contributed by atoms with Crippen molar-refractivity contribution in [3.63, 3.8) is 0 Å². The van der Waals surface area contributed by atoms with E-state index in [1.165, 1.54) is 0 Å². The molecule has 0 amide bonds. The van der Waals surface area contributed by atoms with Crippen LogP contribution in [0.4, 0.5) is 17.1 Å². The van der Waals surface area contributed by atoms with Gasteiger partial charge in [0, 0.05) is 12.0 Å². The Morgan fingerprint density at radius 1 is 1.26 bits per heavy atom. The number of hydrogen-bond donors (Lipinski definition) is 0. The van der Waals surface area contributed by atoms with Crippen LogP contribution < -0.4 is 0 Å². The van der Waals surface area contributed by atoms with E-state index in [1.54, 1.807) is 0 Å². The van der Waals surface area contributed by atoms with E-state index in [0.717, 1.165) is 0 Å². The number of rotatable bonds is 2. The molecular formula is C11H16F4O3S. The maximum atomic E-state index is 12.8. The molecular weight excluding hydrogens is 288 g/mol. The maximum Gasteiger partial charge on any atom is 0.391 e. The van der Waals surface area contributed by atoms with Crippen LogP contribution in [0, 0.1) is 11.3 Å². The SMILES string of the molecule is O=S(=O)(F)CC1OCCC12CCCC(C(F)(F)F)C2. The lowest BCUT2D eigenvalue weighted by Crippen LogP contribution is -2.42. The van der Waals surface area contributed by atoms with E-state index in [9.17, 15) is 25.5 Å². The first-order valence-corrected chi connectivity index (χ1v) is 7.78. The first-order chi connectivity index (χ1) is 8.62. The third-order valence-electron chi connectivity index (χ3n) is 4.30. The molecule has 19 heavy (non-hydrogen) atoms. The van der Waals surface area contributed by atoms with Crippen molar-refractivity contribution < 1.29 is 30.2 Å². The molecule has 1 aliphatic carbocycles. The highest BCUT2D eigenvalue weighted by atomic mass is 32.3. The normalized spacial score (nSPS) is 36.8. The van der Waals surface area contributed by atoms with Crippen LogP contribution in [0.5, 0.6) is 0 Å². The Kier molecular flexibility index (Phi) is 3.85. The zero-order valence-corrected chi connectivity index (χ0v) is 11.1.